The number of aromatic nitrogens is 1. The van der Waals surface area contributed by atoms with Gasteiger partial charge in [-0.2, -0.15) is 4.31 Å². The molecule has 2 atom stereocenters. The van der Waals surface area contributed by atoms with E-state index in [2.05, 4.69) is 15.2 Å². The number of pyridine rings is 1. The number of hydrogen-bond donors (Lipinski definition) is 3. The second-order valence-electron chi connectivity index (χ2n) is 7.47. The van der Waals surface area contributed by atoms with Crippen LogP contribution in [0.1, 0.15) is 24.3 Å². The molecule has 1 amide bonds. The minimum atomic E-state index is -3.81. The maximum Gasteiger partial charge on any atom is 0.322 e. The first-order chi connectivity index (χ1) is 14.6. The van der Waals surface area contributed by atoms with Crippen molar-refractivity contribution < 1.29 is 23.1 Å². The zero-order valence-electron chi connectivity index (χ0n) is 17.2. The molecule has 0 bridgehead atoms. The second-order valence-corrected chi connectivity index (χ2v) is 9.41. The maximum absolute atomic E-state index is 13.1. The Morgan fingerprint density at radius 1 is 1.13 bits per heavy atom. The summed E-state index contributed by atoms with van der Waals surface area (Å²) in [6, 6.07) is 9.90. The number of nitrogen functional groups attached to an aromatic ring is 1. The highest BCUT2D eigenvalue weighted by Gasteiger charge is 2.36. The normalized spacial score (nSPS) is 19.7. The molecule has 1 fully saturated rings. The molecular weight excluding hydrogens is 422 g/mol. The van der Waals surface area contributed by atoms with E-state index in [0.717, 1.165) is 11.9 Å². The van der Waals surface area contributed by atoms with Gasteiger partial charge in [0.2, 0.25) is 10.0 Å². The SMILES string of the molecule is C[C@@H]1CN(S(=O)(=O)c2ccc(C(=O)NCC(=O)O)nc2)C[C@H](C)N1c1ccc(N)cc1. The molecule has 10 nitrogen and oxygen atoms in total. The molecule has 0 aliphatic carbocycles. The van der Waals surface area contributed by atoms with Gasteiger partial charge in [0.25, 0.3) is 5.91 Å². The van der Waals surface area contributed by atoms with Crippen LogP contribution in [0.25, 0.3) is 0 Å². The first-order valence-electron chi connectivity index (χ1n) is 9.69. The number of rotatable bonds is 6. The number of carbonyl (C=O) groups excluding carboxylic acids is 1. The highest BCUT2D eigenvalue weighted by Crippen LogP contribution is 2.28. The van der Waals surface area contributed by atoms with E-state index in [0.29, 0.717) is 5.69 Å². The van der Waals surface area contributed by atoms with E-state index in [1.165, 1.54) is 16.4 Å². The summed E-state index contributed by atoms with van der Waals surface area (Å²) >= 11 is 0. The predicted octanol–water partition coefficient (Wildman–Crippen LogP) is 0.766. The number of nitrogens with two attached hydrogens (primary N) is 1. The van der Waals surface area contributed by atoms with E-state index >= 15 is 0 Å². The number of nitrogens with zero attached hydrogens (tertiary/aromatic N) is 3. The molecule has 0 unspecified atom stereocenters. The molecule has 11 heteroatoms. The van der Waals surface area contributed by atoms with Gasteiger partial charge in [-0.3, -0.25) is 9.59 Å². The lowest BCUT2D eigenvalue weighted by Gasteiger charge is -2.45. The molecule has 0 saturated carbocycles. The zero-order valence-corrected chi connectivity index (χ0v) is 18.0. The van der Waals surface area contributed by atoms with Crippen LogP contribution >= 0.6 is 0 Å². The molecular formula is C20H25N5O5S. The van der Waals surface area contributed by atoms with Crippen molar-refractivity contribution in [3.63, 3.8) is 0 Å². The maximum atomic E-state index is 13.1. The number of carboxylic acids is 1. The Balaban J connectivity index is 1.74. The quantitative estimate of drug-likeness (QED) is 0.550. The fourth-order valence-electron chi connectivity index (χ4n) is 3.69. The largest absolute Gasteiger partial charge is 0.480 e. The monoisotopic (exact) mass is 447 g/mol. The van der Waals surface area contributed by atoms with Crippen LogP contribution in [0.2, 0.25) is 0 Å². The molecule has 1 saturated heterocycles. The van der Waals surface area contributed by atoms with Gasteiger partial charge in [0, 0.05) is 42.7 Å². The van der Waals surface area contributed by atoms with Crippen LogP contribution in [0.15, 0.2) is 47.5 Å². The average molecular weight is 448 g/mol. The number of sulfonamides is 1. The fraction of sp³-hybridized carbons (Fsp3) is 0.350. The van der Waals surface area contributed by atoms with Gasteiger partial charge in [-0.05, 0) is 50.2 Å². The van der Waals surface area contributed by atoms with Gasteiger partial charge in [-0.15, -0.1) is 0 Å². The molecule has 1 aromatic carbocycles. The Bertz CT molecular complexity index is 1040. The Labute approximate surface area is 180 Å². The first kappa shape index (κ1) is 22.5. The van der Waals surface area contributed by atoms with Crippen LogP contribution < -0.4 is 16.0 Å². The van der Waals surface area contributed by atoms with Gasteiger partial charge < -0.3 is 21.1 Å². The van der Waals surface area contributed by atoms with Crippen molar-refractivity contribution in [3.8, 4) is 0 Å². The molecule has 1 aliphatic heterocycles. The first-order valence-corrected chi connectivity index (χ1v) is 11.1. The molecule has 1 aliphatic rings. The molecule has 166 valence electrons. The molecule has 1 aromatic heterocycles. The van der Waals surface area contributed by atoms with E-state index in [9.17, 15) is 18.0 Å². The number of carbonyl (C=O) groups is 2. The number of piperazine rings is 1. The molecule has 0 radical (unpaired) electrons. The number of amides is 1. The van der Waals surface area contributed by atoms with Gasteiger partial charge in [0.05, 0.1) is 0 Å². The number of aliphatic carboxylic acids is 1. The summed E-state index contributed by atoms with van der Waals surface area (Å²) in [7, 11) is -3.81. The van der Waals surface area contributed by atoms with Crippen molar-refractivity contribution in [2.75, 3.05) is 30.3 Å². The average Bonchev–Trinajstić information content (AvgIpc) is 2.73. The summed E-state index contributed by atoms with van der Waals surface area (Å²) in [5, 5.41) is 10.8. The lowest BCUT2D eigenvalue weighted by molar-refractivity contribution is -0.135. The summed E-state index contributed by atoms with van der Waals surface area (Å²) < 4.78 is 27.7. The van der Waals surface area contributed by atoms with Crippen molar-refractivity contribution in [2.45, 2.75) is 30.8 Å². The summed E-state index contributed by atoms with van der Waals surface area (Å²) in [5.74, 6) is -1.88. The van der Waals surface area contributed by atoms with E-state index in [-0.39, 0.29) is 35.8 Å². The van der Waals surface area contributed by atoms with Crippen molar-refractivity contribution >= 4 is 33.3 Å². The molecule has 2 heterocycles. The van der Waals surface area contributed by atoms with Crippen LogP contribution in [-0.4, -0.2) is 66.4 Å². The molecule has 0 spiro atoms. The minimum absolute atomic E-state index is 0.0254. The Kier molecular flexibility index (Phi) is 6.46. The third-order valence-corrected chi connectivity index (χ3v) is 6.90. The van der Waals surface area contributed by atoms with Crippen LogP contribution in [0, 0.1) is 0 Å². The molecule has 3 rings (SSSR count). The van der Waals surface area contributed by atoms with Crippen LogP contribution in [0.4, 0.5) is 11.4 Å². The zero-order chi connectivity index (χ0) is 22.8. The van der Waals surface area contributed by atoms with Crippen molar-refractivity contribution in [2.24, 2.45) is 0 Å². The smallest absolute Gasteiger partial charge is 0.322 e. The summed E-state index contributed by atoms with van der Waals surface area (Å²) in [6.45, 7) is 3.95. The van der Waals surface area contributed by atoms with Crippen LogP contribution in [0.3, 0.4) is 0 Å². The number of nitrogens with one attached hydrogen (secondary N) is 1. The van der Waals surface area contributed by atoms with Crippen molar-refractivity contribution in [1.82, 2.24) is 14.6 Å². The van der Waals surface area contributed by atoms with Crippen molar-refractivity contribution in [3.05, 3.63) is 48.3 Å². The van der Waals surface area contributed by atoms with Gasteiger partial charge in [-0.1, -0.05) is 0 Å². The van der Waals surface area contributed by atoms with E-state index in [4.69, 9.17) is 10.8 Å². The standard InChI is InChI=1S/C20H25N5O5S/c1-13-11-24(12-14(2)25(13)16-5-3-15(21)4-6-16)31(29,30)17-7-8-18(22-9-17)20(28)23-10-19(26)27/h3-9,13-14H,10-12,21H2,1-2H3,(H,23,28)(H,26,27)/t13-,14+. The highest BCUT2D eigenvalue weighted by atomic mass is 32.2. The third-order valence-electron chi connectivity index (χ3n) is 5.08. The number of carboxylic acid groups (broad SMARTS) is 1. The Morgan fingerprint density at radius 3 is 2.26 bits per heavy atom. The van der Waals surface area contributed by atoms with Gasteiger partial charge in [0.15, 0.2) is 0 Å². The van der Waals surface area contributed by atoms with Crippen LogP contribution in [-0.2, 0) is 14.8 Å². The summed E-state index contributed by atoms with van der Waals surface area (Å²) in [6.07, 6.45) is 1.12. The molecule has 2 aromatic rings. The second kappa shape index (κ2) is 8.90. The molecule has 31 heavy (non-hydrogen) atoms. The predicted molar refractivity (Wildman–Crippen MR) is 115 cm³/mol. The lowest BCUT2D eigenvalue weighted by atomic mass is 10.1. The summed E-state index contributed by atoms with van der Waals surface area (Å²) in [5.41, 5.74) is 7.35. The van der Waals surface area contributed by atoms with Gasteiger partial charge in [-0.25, -0.2) is 13.4 Å². The van der Waals surface area contributed by atoms with Gasteiger partial charge in [0.1, 0.15) is 17.1 Å². The molecule has 4 N–H and O–H groups in total. The number of benzene rings is 1. The minimum Gasteiger partial charge on any atom is -0.480 e. The third kappa shape index (κ3) is 4.94. The number of hydrogen-bond acceptors (Lipinski definition) is 7. The van der Waals surface area contributed by atoms with E-state index in [1.54, 1.807) is 0 Å². The Morgan fingerprint density at radius 2 is 1.74 bits per heavy atom. The fourth-order valence-corrected chi connectivity index (χ4v) is 5.24. The Hall–Kier alpha value is -3.18. The van der Waals surface area contributed by atoms with Crippen LogP contribution in [0.5, 0.6) is 0 Å². The van der Waals surface area contributed by atoms with E-state index in [1.807, 2.05) is 38.1 Å². The number of anilines is 2. The lowest BCUT2D eigenvalue weighted by Crippen LogP contribution is -2.58. The van der Waals surface area contributed by atoms with Gasteiger partial charge >= 0.3 is 5.97 Å². The summed E-state index contributed by atoms with van der Waals surface area (Å²) in [4.78, 5) is 28.5. The van der Waals surface area contributed by atoms with E-state index < -0.39 is 28.4 Å². The topological polar surface area (TPSA) is 146 Å². The highest BCUT2D eigenvalue weighted by molar-refractivity contribution is 7.89. The van der Waals surface area contributed by atoms with Crippen molar-refractivity contribution in [1.29, 1.82) is 0 Å².